The van der Waals surface area contributed by atoms with Crippen molar-refractivity contribution in [2.75, 3.05) is 4.90 Å². The lowest BCUT2D eigenvalue weighted by Crippen LogP contribution is -2.44. The van der Waals surface area contributed by atoms with Crippen LogP contribution >= 0.6 is 0 Å². The minimum Gasteiger partial charge on any atom is -0.489 e. The van der Waals surface area contributed by atoms with Crippen LogP contribution in [0.15, 0.2) is 36.4 Å². The molecule has 0 saturated heterocycles. The largest absolute Gasteiger partial charge is 0.489 e. The Kier molecular flexibility index (Phi) is 7.54. The number of anilines is 1. The topological polar surface area (TPSA) is 65.1 Å². The van der Waals surface area contributed by atoms with Crippen LogP contribution in [0.2, 0.25) is 0 Å². The Bertz CT molecular complexity index is 947. The van der Waals surface area contributed by atoms with Gasteiger partial charge in [-0.2, -0.15) is 4.90 Å². The Morgan fingerprint density at radius 2 is 1.38 bits per heavy atom. The molecule has 2 aromatic rings. The highest BCUT2D eigenvalue weighted by Gasteiger charge is 2.36. The Morgan fingerprint density at radius 1 is 0.875 bits per heavy atom. The highest BCUT2D eigenvalue weighted by Crippen LogP contribution is 2.35. The number of amides is 2. The van der Waals surface area contributed by atoms with E-state index in [0.29, 0.717) is 21.8 Å². The second-order valence-corrected chi connectivity index (χ2v) is 9.53. The summed E-state index contributed by atoms with van der Waals surface area (Å²) in [6, 6.07) is 10.6. The van der Waals surface area contributed by atoms with Crippen molar-refractivity contribution in [3.05, 3.63) is 58.9 Å². The molecular formula is C25H32FNO5. The van der Waals surface area contributed by atoms with Crippen molar-refractivity contribution < 1.29 is 28.2 Å². The molecule has 0 bridgehead atoms. The molecule has 7 heteroatoms. The maximum atomic E-state index is 15.3. The molecule has 0 spiro atoms. The molecule has 0 aliphatic rings. The number of hydrogen-bond acceptors (Lipinski definition) is 5. The van der Waals surface area contributed by atoms with Crippen LogP contribution < -0.4 is 9.64 Å². The molecule has 0 N–H and O–H groups in total. The molecule has 0 radical (unpaired) electrons. The lowest BCUT2D eigenvalue weighted by molar-refractivity contribution is 0.0428. The van der Waals surface area contributed by atoms with Crippen LogP contribution in [-0.2, 0) is 16.1 Å². The summed E-state index contributed by atoms with van der Waals surface area (Å²) in [6.45, 7) is 13.6. The number of benzene rings is 2. The van der Waals surface area contributed by atoms with E-state index in [-0.39, 0.29) is 12.3 Å². The molecule has 0 aliphatic heterocycles. The monoisotopic (exact) mass is 445 g/mol. The highest BCUT2D eigenvalue weighted by atomic mass is 19.1. The van der Waals surface area contributed by atoms with Gasteiger partial charge in [-0.3, -0.25) is 0 Å². The predicted molar refractivity (Wildman–Crippen MR) is 122 cm³/mol. The van der Waals surface area contributed by atoms with E-state index >= 15 is 4.39 Å². The second kappa shape index (κ2) is 9.59. The lowest BCUT2D eigenvalue weighted by atomic mass is 10.1. The molecule has 174 valence electrons. The van der Waals surface area contributed by atoms with Crippen molar-refractivity contribution in [2.45, 2.75) is 73.2 Å². The predicted octanol–water partition coefficient (Wildman–Crippen LogP) is 6.70. The van der Waals surface area contributed by atoms with Crippen molar-refractivity contribution in [1.29, 1.82) is 0 Å². The number of nitrogens with zero attached hydrogens (tertiary/aromatic N) is 1. The summed E-state index contributed by atoms with van der Waals surface area (Å²) < 4.78 is 31.9. The minimum absolute atomic E-state index is 0.224. The van der Waals surface area contributed by atoms with Gasteiger partial charge in [-0.1, -0.05) is 30.3 Å². The van der Waals surface area contributed by atoms with Crippen LogP contribution in [0.5, 0.6) is 5.75 Å². The summed E-state index contributed by atoms with van der Waals surface area (Å²) in [5.74, 6) is -0.478. The maximum absolute atomic E-state index is 15.3. The second-order valence-electron chi connectivity index (χ2n) is 9.53. The first-order valence-electron chi connectivity index (χ1n) is 10.4. The first kappa shape index (κ1) is 25.2. The zero-order valence-electron chi connectivity index (χ0n) is 20.0. The Balaban J connectivity index is 2.47. The third kappa shape index (κ3) is 6.70. The van der Waals surface area contributed by atoms with Crippen molar-refractivity contribution in [3.8, 4) is 5.75 Å². The quantitative estimate of drug-likeness (QED) is 0.524. The molecule has 0 unspecified atom stereocenters. The fourth-order valence-electron chi connectivity index (χ4n) is 2.87. The van der Waals surface area contributed by atoms with E-state index in [1.54, 1.807) is 55.4 Å². The van der Waals surface area contributed by atoms with E-state index in [1.807, 2.05) is 30.3 Å². The molecule has 6 nitrogen and oxygen atoms in total. The first-order valence-corrected chi connectivity index (χ1v) is 10.4. The van der Waals surface area contributed by atoms with Gasteiger partial charge in [0.1, 0.15) is 23.6 Å². The number of carbonyl (C=O) groups excluding carboxylic acids is 2. The summed E-state index contributed by atoms with van der Waals surface area (Å²) in [4.78, 5) is 26.4. The van der Waals surface area contributed by atoms with Gasteiger partial charge in [0, 0.05) is 6.07 Å². The molecule has 2 amide bonds. The fourth-order valence-corrected chi connectivity index (χ4v) is 2.87. The van der Waals surface area contributed by atoms with Gasteiger partial charge in [0.2, 0.25) is 0 Å². The highest BCUT2D eigenvalue weighted by molar-refractivity contribution is 6.10. The molecule has 32 heavy (non-hydrogen) atoms. The number of ether oxygens (including phenoxy) is 3. The van der Waals surface area contributed by atoms with Crippen LogP contribution in [0.25, 0.3) is 0 Å². The van der Waals surface area contributed by atoms with E-state index in [2.05, 4.69) is 0 Å². The summed E-state index contributed by atoms with van der Waals surface area (Å²) in [5, 5.41) is 0. The van der Waals surface area contributed by atoms with Crippen LogP contribution in [0, 0.1) is 19.7 Å². The number of carbonyl (C=O) groups is 2. The van der Waals surface area contributed by atoms with Gasteiger partial charge in [0.05, 0.1) is 5.69 Å². The van der Waals surface area contributed by atoms with Gasteiger partial charge in [-0.25, -0.2) is 14.0 Å². The summed E-state index contributed by atoms with van der Waals surface area (Å²) >= 11 is 0. The van der Waals surface area contributed by atoms with Crippen molar-refractivity contribution >= 4 is 17.9 Å². The summed E-state index contributed by atoms with van der Waals surface area (Å²) in [7, 11) is 0. The number of halogens is 1. The third-order valence-corrected chi connectivity index (χ3v) is 4.38. The molecule has 2 rings (SSSR count). The first-order chi connectivity index (χ1) is 14.7. The van der Waals surface area contributed by atoms with Crippen LogP contribution in [-0.4, -0.2) is 23.4 Å². The van der Waals surface area contributed by atoms with Gasteiger partial charge in [0.15, 0.2) is 5.82 Å². The molecular weight excluding hydrogens is 413 g/mol. The van der Waals surface area contributed by atoms with Crippen molar-refractivity contribution in [1.82, 2.24) is 0 Å². The van der Waals surface area contributed by atoms with Crippen molar-refractivity contribution in [3.63, 3.8) is 0 Å². The van der Waals surface area contributed by atoms with Gasteiger partial charge in [-0.05, 0) is 72.1 Å². The molecule has 0 atom stereocenters. The van der Waals surface area contributed by atoms with E-state index in [1.165, 1.54) is 6.07 Å². The number of imide groups is 1. The molecule has 0 fully saturated rings. The lowest BCUT2D eigenvalue weighted by Gasteiger charge is -2.30. The van der Waals surface area contributed by atoms with Crippen LogP contribution in [0.4, 0.5) is 19.7 Å². The van der Waals surface area contributed by atoms with E-state index in [9.17, 15) is 9.59 Å². The maximum Gasteiger partial charge on any atom is 0.424 e. The van der Waals surface area contributed by atoms with Gasteiger partial charge in [-0.15, -0.1) is 0 Å². The normalized spacial score (nSPS) is 11.7. The zero-order valence-corrected chi connectivity index (χ0v) is 20.0. The summed E-state index contributed by atoms with van der Waals surface area (Å²) in [6.07, 6.45) is -2.04. The van der Waals surface area contributed by atoms with E-state index in [4.69, 9.17) is 14.2 Å². The number of rotatable bonds is 4. The molecule has 0 heterocycles. The van der Waals surface area contributed by atoms with Crippen LogP contribution in [0.3, 0.4) is 0 Å². The smallest absolute Gasteiger partial charge is 0.424 e. The van der Waals surface area contributed by atoms with Crippen molar-refractivity contribution in [2.24, 2.45) is 0 Å². The summed E-state index contributed by atoms with van der Waals surface area (Å²) in [5.41, 5.74) is -0.124. The average molecular weight is 446 g/mol. The average Bonchev–Trinajstić information content (AvgIpc) is 2.64. The fraction of sp³-hybridized carbons (Fsp3) is 0.440. The molecule has 0 aliphatic carbocycles. The third-order valence-electron chi connectivity index (χ3n) is 4.38. The van der Waals surface area contributed by atoms with E-state index in [0.717, 1.165) is 5.56 Å². The SMILES string of the molecule is Cc1c(OCc2ccccc2)cc(F)c(N(C(=O)OC(C)(C)C)C(=O)OC(C)(C)C)c1C. The minimum atomic E-state index is -1.02. The van der Waals surface area contributed by atoms with Gasteiger partial charge >= 0.3 is 12.2 Å². The molecule has 0 aromatic heterocycles. The molecule has 2 aromatic carbocycles. The Morgan fingerprint density at radius 3 is 1.84 bits per heavy atom. The van der Waals surface area contributed by atoms with Gasteiger partial charge in [0.25, 0.3) is 0 Å². The van der Waals surface area contributed by atoms with E-state index < -0.39 is 29.2 Å². The Hall–Kier alpha value is -3.09. The zero-order chi connectivity index (χ0) is 24.3. The molecule has 0 saturated carbocycles. The van der Waals surface area contributed by atoms with Crippen LogP contribution in [0.1, 0.15) is 58.2 Å². The number of hydrogen-bond donors (Lipinski definition) is 0. The standard InChI is InChI=1S/C25H32FNO5/c1-16-17(2)21(19(26)14-20(16)30-15-18-12-10-9-11-13-18)27(22(28)31-24(3,4)5)23(29)32-25(6,7)8/h9-14H,15H2,1-8H3. The Labute approximate surface area is 189 Å². The van der Waals surface area contributed by atoms with Gasteiger partial charge < -0.3 is 14.2 Å².